The third-order valence-corrected chi connectivity index (χ3v) is 8.79. The van der Waals surface area contributed by atoms with Gasteiger partial charge in [0.05, 0.1) is 11.1 Å². The van der Waals surface area contributed by atoms with Crippen LogP contribution in [-0.4, -0.2) is 71.1 Å². The first kappa shape index (κ1) is 33.4. The standard InChI is InChI=1S/C36H34ClN5O7/c37-22-13-14-25-24(19-22)30(21-9-4-3-5-10-21)32(40-25)34(46)39-18-7-2-1-6-17-38-29(44)20-49-27-12-8-11-23-31(27)36(48)42(35(23)47)26-15-16-28(43)41-33(26)45/h3-5,8-14,19,26,40H,1-2,6-7,15-18,20H2,(H,38,44)(H,39,46)(H,41,43,45). The minimum Gasteiger partial charge on any atom is -0.483 e. The van der Waals surface area contributed by atoms with Gasteiger partial charge in [0, 0.05) is 41.0 Å². The number of aromatic amines is 1. The van der Waals surface area contributed by atoms with E-state index in [1.54, 1.807) is 6.07 Å². The molecule has 4 N–H and O–H groups in total. The number of ether oxygens (including phenoxy) is 1. The summed E-state index contributed by atoms with van der Waals surface area (Å²) < 4.78 is 5.62. The molecule has 1 atom stereocenters. The van der Waals surface area contributed by atoms with Crippen LogP contribution in [0.1, 0.15) is 69.7 Å². The van der Waals surface area contributed by atoms with Crippen LogP contribution in [0, 0.1) is 0 Å². The Morgan fingerprint density at radius 3 is 2.37 bits per heavy atom. The monoisotopic (exact) mass is 683 g/mol. The predicted octanol–water partition coefficient (Wildman–Crippen LogP) is 4.37. The van der Waals surface area contributed by atoms with E-state index in [1.165, 1.54) is 18.2 Å². The zero-order valence-corrected chi connectivity index (χ0v) is 27.2. The number of fused-ring (bicyclic) bond motifs is 2. The van der Waals surface area contributed by atoms with Gasteiger partial charge < -0.3 is 20.4 Å². The number of nitrogens with one attached hydrogen (secondary N) is 4. The maximum atomic E-state index is 13.2. The highest BCUT2D eigenvalue weighted by atomic mass is 35.5. The molecule has 6 amide bonds. The summed E-state index contributed by atoms with van der Waals surface area (Å²) in [6, 6.07) is 18.6. The van der Waals surface area contributed by atoms with Crippen molar-refractivity contribution in [2.45, 2.75) is 44.6 Å². The van der Waals surface area contributed by atoms with E-state index < -0.39 is 35.6 Å². The lowest BCUT2D eigenvalue weighted by Crippen LogP contribution is -2.54. The van der Waals surface area contributed by atoms with Gasteiger partial charge in [0.1, 0.15) is 17.5 Å². The van der Waals surface area contributed by atoms with E-state index in [1.807, 2.05) is 42.5 Å². The van der Waals surface area contributed by atoms with Crippen molar-refractivity contribution in [2.75, 3.05) is 19.7 Å². The van der Waals surface area contributed by atoms with Crippen LogP contribution in [0.25, 0.3) is 22.0 Å². The zero-order chi connectivity index (χ0) is 34.5. The van der Waals surface area contributed by atoms with Gasteiger partial charge in [-0.05, 0) is 55.2 Å². The van der Waals surface area contributed by atoms with E-state index in [2.05, 4.69) is 20.9 Å². The van der Waals surface area contributed by atoms with Gasteiger partial charge in [-0.2, -0.15) is 0 Å². The van der Waals surface area contributed by atoms with Crippen LogP contribution in [0.5, 0.6) is 5.75 Å². The Morgan fingerprint density at radius 2 is 1.61 bits per heavy atom. The Bertz CT molecular complexity index is 1960. The van der Waals surface area contributed by atoms with Gasteiger partial charge in [-0.3, -0.25) is 39.0 Å². The van der Waals surface area contributed by atoms with Gasteiger partial charge in [0.25, 0.3) is 23.6 Å². The lowest BCUT2D eigenvalue weighted by atomic mass is 10.0. The van der Waals surface area contributed by atoms with Crippen molar-refractivity contribution < 1.29 is 33.5 Å². The fourth-order valence-corrected chi connectivity index (χ4v) is 6.33. The molecule has 0 spiro atoms. The molecule has 1 unspecified atom stereocenters. The van der Waals surface area contributed by atoms with Crippen LogP contribution >= 0.6 is 11.6 Å². The number of carbonyl (C=O) groups excluding carboxylic acids is 6. The first-order valence-electron chi connectivity index (χ1n) is 16.1. The maximum absolute atomic E-state index is 13.2. The van der Waals surface area contributed by atoms with E-state index in [-0.39, 0.29) is 42.2 Å². The number of halogens is 1. The molecule has 0 radical (unpaired) electrons. The highest BCUT2D eigenvalue weighted by Crippen LogP contribution is 2.35. The summed E-state index contributed by atoms with van der Waals surface area (Å²) in [5.41, 5.74) is 3.10. The molecule has 1 aromatic heterocycles. The Labute approximate surface area is 286 Å². The van der Waals surface area contributed by atoms with Gasteiger partial charge in [0.2, 0.25) is 11.8 Å². The number of benzene rings is 3. The van der Waals surface area contributed by atoms with E-state index >= 15 is 0 Å². The number of unbranched alkanes of at least 4 members (excludes halogenated alkanes) is 3. The van der Waals surface area contributed by atoms with Crippen molar-refractivity contribution in [3.63, 3.8) is 0 Å². The van der Waals surface area contributed by atoms with Gasteiger partial charge in [0.15, 0.2) is 6.61 Å². The van der Waals surface area contributed by atoms with Crippen molar-refractivity contribution >= 4 is 57.9 Å². The molecule has 2 aliphatic heterocycles. The molecule has 252 valence electrons. The van der Waals surface area contributed by atoms with Crippen LogP contribution in [0.3, 0.4) is 0 Å². The number of hydrogen-bond donors (Lipinski definition) is 4. The van der Waals surface area contributed by atoms with Crippen molar-refractivity contribution in [3.05, 3.63) is 88.6 Å². The molecule has 1 fully saturated rings. The zero-order valence-electron chi connectivity index (χ0n) is 26.5. The Hall–Kier alpha value is -5.49. The minimum absolute atomic E-state index is 0.0117. The Kier molecular flexibility index (Phi) is 10.0. The number of amides is 6. The second-order valence-electron chi connectivity index (χ2n) is 11.9. The van der Waals surface area contributed by atoms with Crippen molar-refractivity contribution in [3.8, 4) is 16.9 Å². The van der Waals surface area contributed by atoms with Crippen LogP contribution in [0.15, 0.2) is 66.7 Å². The SMILES string of the molecule is O=C(COc1cccc2c1C(=O)N(C1CCC(=O)NC1=O)C2=O)NCCCCCCNC(=O)c1[nH]c2ccc(Cl)cc2c1-c1ccccc1. The van der Waals surface area contributed by atoms with E-state index in [9.17, 15) is 28.8 Å². The predicted molar refractivity (Wildman–Crippen MR) is 181 cm³/mol. The largest absolute Gasteiger partial charge is 0.483 e. The number of H-pyrrole nitrogens is 1. The normalized spacial score (nSPS) is 15.7. The lowest BCUT2D eigenvalue weighted by molar-refractivity contribution is -0.136. The van der Waals surface area contributed by atoms with Gasteiger partial charge in [-0.15, -0.1) is 0 Å². The lowest BCUT2D eigenvalue weighted by Gasteiger charge is -2.27. The number of imide groups is 2. The number of rotatable bonds is 13. The second-order valence-corrected chi connectivity index (χ2v) is 12.3. The summed E-state index contributed by atoms with van der Waals surface area (Å²) >= 11 is 6.26. The summed E-state index contributed by atoms with van der Waals surface area (Å²) in [6.45, 7) is 0.542. The van der Waals surface area contributed by atoms with Crippen LogP contribution < -0.4 is 20.7 Å². The fourth-order valence-electron chi connectivity index (χ4n) is 6.16. The van der Waals surface area contributed by atoms with E-state index in [0.29, 0.717) is 23.8 Å². The summed E-state index contributed by atoms with van der Waals surface area (Å²) in [6.07, 6.45) is 3.21. The topological polar surface area (TPSA) is 167 Å². The quantitative estimate of drug-likeness (QED) is 0.120. The average Bonchev–Trinajstić information content (AvgIpc) is 3.59. The molecule has 49 heavy (non-hydrogen) atoms. The highest BCUT2D eigenvalue weighted by Gasteiger charge is 2.46. The molecular formula is C36H34ClN5O7. The third kappa shape index (κ3) is 7.19. The molecule has 1 saturated heterocycles. The number of hydrogen-bond acceptors (Lipinski definition) is 7. The fraction of sp³-hybridized carbons (Fsp3) is 0.278. The van der Waals surface area contributed by atoms with Crippen LogP contribution in [-0.2, 0) is 14.4 Å². The summed E-state index contributed by atoms with van der Waals surface area (Å²) in [5, 5.41) is 9.42. The Morgan fingerprint density at radius 1 is 0.857 bits per heavy atom. The van der Waals surface area contributed by atoms with Gasteiger partial charge in [-0.25, -0.2) is 0 Å². The number of aromatic nitrogens is 1. The Balaban J connectivity index is 0.921. The summed E-state index contributed by atoms with van der Waals surface area (Å²) in [7, 11) is 0. The number of carbonyl (C=O) groups is 6. The second kappa shape index (κ2) is 14.7. The first-order valence-corrected chi connectivity index (χ1v) is 16.5. The maximum Gasteiger partial charge on any atom is 0.268 e. The molecule has 0 bridgehead atoms. The highest BCUT2D eigenvalue weighted by molar-refractivity contribution is 6.31. The molecular weight excluding hydrogens is 650 g/mol. The third-order valence-electron chi connectivity index (χ3n) is 8.55. The molecule has 4 aromatic rings. The van der Waals surface area contributed by atoms with Crippen LogP contribution in [0.4, 0.5) is 0 Å². The first-order chi connectivity index (χ1) is 23.7. The van der Waals surface area contributed by atoms with Gasteiger partial charge in [-0.1, -0.05) is 60.8 Å². The van der Waals surface area contributed by atoms with E-state index in [0.717, 1.165) is 52.6 Å². The number of nitrogens with zero attached hydrogens (tertiary/aromatic N) is 1. The molecule has 0 aliphatic carbocycles. The average molecular weight is 684 g/mol. The van der Waals surface area contributed by atoms with E-state index in [4.69, 9.17) is 16.3 Å². The van der Waals surface area contributed by atoms with Crippen LogP contribution in [0.2, 0.25) is 5.02 Å². The van der Waals surface area contributed by atoms with Crippen molar-refractivity contribution in [1.82, 2.24) is 25.8 Å². The molecule has 0 saturated carbocycles. The minimum atomic E-state index is -1.09. The summed E-state index contributed by atoms with van der Waals surface area (Å²) in [5.74, 6) is -3.03. The van der Waals surface area contributed by atoms with Crippen molar-refractivity contribution in [2.24, 2.45) is 0 Å². The smallest absolute Gasteiger partial charge is 0.268 e. The molecule has 6 rings (SSSR count). The molecule has 3 heterocycles. The molecule has 2 aliphatic rings. The summed E-state index contributed by atoms with van der Waals surface area (Å²) in [4.78, 5) is 79.7. The number of piperidine rings is 1. The molecule has 12 nitrogen and oxygen atoms in total. The molecule has 3 aromatic carbocycles. The van der Waals surface area contributed by atoms with Crippen molar-refractivity contribution in [1.29, 1.82) is 0 Å². The van der Waals surface area contributed by atoms with Gasteiger partial charge >= 0.3 is 0 Å². The molecule has 13 heteroatoms.